The van der Waals surface area contributed by atoms with E-state index in [0.717, 1.165) is 31.2 Å². The predicted molar refractivity (Wildman–Crippen MR) is 78.2 cm³/mol. The van der Waals surface area contributed by atoms with Crippen molar-refractivity contribution in [3.8, 4) is 0 Å². The molecular formula is C16H21FN2O2. The molecule has 5 heteroatoms. The molecule has 1 aromatic rings. The molecule has 2 N–H and O–H groups in total. The van der Waals surface area contributed by atoms with Gasteiger partial charge in [0.25, 0.3) is 0 Å². The number of hydrogen-bond donors (Lipinski definition) is 2. The predicted octanol–water partition coefficient (Wildman–Crippen LogP) is 1.89. The maximum Gasteiger partial charge on any atom is 0.230 e. The molecule has 1 aromatic carbocycles. The summed E-state index contributed by atoms with van der Waals surface area (Å²) in [6, 6.07) is 6.32. The monoisotopic (exact) mass is 292 g/mol. The summed E-state index contributed by atoms with van der Waals surface area (Å²) in [4.78, 5) is 23.4. The minimum atomic E-state index is -0.627. The molecule has 114 valence electrons. The molecule has 2 amide bonds. The summed E-state index contributed by atoms with van der Waals surface area (Å²) in [7, 11) is 0. The first kappa shape index (κ1) is 15.5. The van der Waals surface area contributed by atoms with E-state index in [1.165, 1.54) is 19.1 Å². The van der Waals surface area contributed by atoms with Crippen LogP contribution in [-0.2, 0) is 15.0 Å². The van der Waals surface area contributed by atoms with E-state index in [-0.39, 0.29) is 17.6 Å². The van der Waals surface area contributed by atoms with Gasteiger partial charge in [-0.2, -0.15) is 0 Å². The molecule has 1 aliphatic carbocycles. The normalized spacial score (nSPS) is 16.5. The Bertz CT molecular complexity index is 525. The minimum absolute atomic E-state index is 0.0732. The molecule has 0 radical (unpaired) electrons. The molecule has 1 fully saturated rings. The number of benzene rings is 1. The molecule has 0 saturated heterocycles. The van der Waals surface area contributed by atoms with Gasteiger partial charge < -0.3 is 10.6 Å². The minimum Gasteiger partial charge on any atom is -0.355 e. The molecule has 0 bridgehead atoms. The maximum atomic E-state index is 13.5. The fourth-order valence-corrected chi connectivity index (χ4v) is 3.00. The van der Waals surface area contributed by atoms with Crippen LogP contribution in [0.15, 0.2) is 24.3 Å². The van der Waals surface area contributed by atoms with E-state index in [9.17, 15) is 14.0 Å². The number of nitrogens with one attached hydrogen (secondary N) is 2. The molecule has 1 saturated carbocycles. The standard InChI is InChI=1S/C16H21FN2O2/c1-12(20)18-9-10-19-15(21)16(7-2-3-8-16)13-5-4-6-14(17)11-13/h4-6,11H,2-3,7-10H2,1H3,(H,18,20)(H,19,21). The Hall–Kier alpha value is -1.91. The van der Waals surface area contributed by atoms with Crippen molar-refractivity contribution in [1.29, 1.82) is 0 Å². The molecular weight excluding hydrogens is 271 g/mol. The van der Waals surface area contributed by atoms with Gasteiger partial charge in [-0.1, -0.05) is 25.0 Å². The number of rotatable bonds is 5. The van der Waals surface area contributed by atoms with Crippen LogP contribution in [0.3, 0.4) is 0 Å². The van der Waals surface area contributed by atoms with Gasteiger partial charge in [0, 0.05) is 20.0 Å². The average Bonchev–Trinajstić information content (AvgIpc) is 2.94. The first-order valence-corrected chi connectivity index (χ1v) is 7.33. The third-order valence-corrected chi connectivity index (χ3v) is 4.05. The summed E-state index contributed by atoms with van der Waals surface area (Å²) in [6.07, 6.45) is 3.41. The summed E-state index contributed by atoms with van der Waals surface area (Å²) in [5.74, 6) is -0.509. The molecule has 0 aliphatic heterocycles. The van der Waals surface area contributed by atoms with E-state index >= 15 is 0 Å². The fourth-order valence-electron chi connectivity index (χ4n) is 3.00. The van der Waals surface area contributed by atoms with Crippen LogP contribution in [0, 0.1) is 5.82 Å². The number of hydrogen-bond acceptors (Lipinski definition) is 2. The first-order valence-electron chi connectivity index (χ1n) is 7.33. The smallest absolute Gasteiger partial charge is 0.230 e. The Balaban J connectivity index is 2.07. The highest BCUT2D eigenvalue weighted by Gasteiger charge is 2.42. The second-order valence-electron chi connectivity index (χ2n) is 5.54. The zero-order chi connectivity index (χ0) is 15.3. The van der Waals surface area contributed by atoms with Crippen LogP contribution >= 0.6 is 0 Å². The van der Waals surface area contributed by atoms with E-state index in [1.807, 2.05) is 6.07 Å². The quantitative estimate of drug-likeness (QED) is 0.814. The molecule has 0 spiro atoms. The van der Waals surface area contributed by atoms with Crippen LogP contribution in [-0.4, -0.2) is 24.9 Å². The highest BCUT2D eigenvalue weighted by Crippen LogP contribution is 2.41. The summed E-state index contributed by atoms with van der Waals surface area (Å²) in [5, 5.41) is 5.50. The largest absolute Gasteiger partial charge is 0.355 e. The second-order valence-corrected chi connectivity index (χ2v) is 5.54. The number of carbonyl (C=O) groups is 2. The zero-order valence-electron chi connectivity index (χ0n) is 12.2. The van der Waals surface area contributed by atoms with Gasteiger partial charge in [0.1, 0.15) is 5.82 Å². The molecule has 21 heavy (non-hydrogen) atoms. The zero-order valence-corrected chi connectivity index (χ0v) is 12.2. The first-order chi connectivity index (χ1) is 10.0. The lowest BCUT2D eigenvalue weighted by atomic mass is 9.78. The maximum absolute atomic E-state index is 13.5. The van der Waals surface area contributed by atoms with E-state index in [1.54, 1.807) is 6.07 Å². The van der Waals surface area contributed by atoms with Crippen LogP contribution in [0.2, 0.25) is 0 Å². The summed E-state index contributed by atoms with van der Waals surface area (Å²) in [6.45, 7) is 2.23. The van der Waals surface area contributed by atoms with Crippen molar-refractivity contribution in [3.63, 3.8) is 0 Å². The molecule has 0 unspecified atom stereocenters. The lowest BCUT2D eigenvalue weighted by Gasteiger charge is -2.28. The van der Waals surface area contributed by atoms with Crippen LogP contribution in [0.5, 0.6) is 0 Å². The van der Waals surface area contributed by atoms with Crippen LogP contribution in [0.1, 0.15) is 38.2 Å². The van der Waals surface area contributed by atoms with E-state index < -0.39 is 5.41 Å². The lowest BCUT2D eigenvalue weighted by molar-refractivity contribution is -0.127. The van der Waals surface area contributed by atoms with Crippen molar-refractivity contribution in [2.45, 2.75) is 38.0 Å². The van der Waals surface area contributed by atoms with Crippen molar-refractivity contribution in [3.05, 3.63) is 35.6 Å². The molecule has 4 nitrogen and oxygen atoms in total. The van der Waals surface area contributed by atoms with Crippen LogP contribution < -0.4 is 10.6 Å². The van der Waals surface area contributed by atoms with Crippen molar-refractivity contribution < 1.29 is 14.0 Å². The van der Waals surface area contributed by atoms with E-state index in [2.05, 4.69) is 10.6 Å². The Kier molecular flexibility index (Phi) is 4.94. The highest BCUT2D eigenvalue weighted by atomic mass is 19.1. The lowest BCUT2D eigenvalue weighted by Crippen LogP contribution is -2.45. The van der Waals surface area contributed by atoms with Crippen molar-refractivity contribution >= 4 is 11.8 Å². The molecule has 2 rings (SSSR count). The van der Waals surface area contributed by atoms with Gasteiger partial charge in [0.05, 0.1) is 5.41 Å². The van der Waals surface area contributed by atoms with Gasteiger partial charge in [-0.25, -0.2) is 4.39 Å². The van der Waals surface area contributed by atoms with Gasteiger partial charge in [-0.05, 0) is 30.5 Å². The van der Waals surface area contributed by atoms with Gasteiger partial charge in [-0.15, -0.1) is 0 Å². The Morgan fingerprint density at radius 2 is 1.86 bits per heavy atom. The van der Waals surface area contributed by atoms with Crippen LogP contribution in [0.4, 0.5) is 4.39 Å². The topological polar surface area (TPSA) is 58.2 Å². The Morgan fingerprint density at radius 3 is 2.48 bits per heavy atom. The fraction of sp³-hybridized carbons (Fsp3) is 0.500. The number of amides is 2. The van der Waals surface area contributed by atoms with Gasteiger partial charge in [0.15, 0.2) is 0 Å². The Labute approximate surface area is 124 Å². The van der Waals surface area contributed by atoms with Gasteiger partial charge >= 0.3 is 0 Å². The number of carbonyl (C=O) groups excluding carboxylic acids is 2. The average molecular weight is 292 g/mol. The van der Waals surface area contributed by atoms with Crippen molar-refractivity contribution in [2.75, 3.05) is 13.1 Å². The van der Waals surface area contributed by atoms with Gasteiger partial charge in [0.2, 0.25) is 11.8 Å². The molecule has 0 atom stereocenters. The van der Waals surface area contributed by atoms with Gasteiger partial charge in [-0.3, -0.25) is 9.59 Å². The van der Waals surface area contributed by atoms with Crippen molar-refractivity contribution in [1.82, 2.24) is 10.6 Å². The third kappa shape index (κ3) is 3.60. The summed E-state index contributed by atoms with van der Waals surface area (Å²) >= 11 is 0. The molecule has 1 aliphatic rings. The van der Waals surface area contributed by atoms with Crippen molar-refractivity contribution in [2.24, 2.45) is 0 Å². The second kappa shape index (κ2) is 6.70. The number of halogens is 1. The molecule has 0 heterocycles. The highest BCUT2D eigenvalue weighted by molar-refractivity contribution is 5.88. The third-order valence-electron chi connectivity index (χ3n) is 4.05. The van der Waals surface area contributed by atoms with E-state index in [4.69, 9.17) is 0 Å². The van der Waals surface area contributed by atoms with E-state index in [0.29, 0.717) is 13.1 Å². The van der Waals surface area contributed by atoms with Crippen LogP contribution in [0.25, 0.3) is 0 Å². The summed E-state index contributed by atoms with van der Waals surface area (Å²) in [5.41, 5.74) is 0.121. The summed E-state index contributed by atoms with van der Waals surface area (Å²) < 4.78 is 13.5. The SMILES string of the molecule is CC(=O)NCCNC(=O)C1(c2cccc(F)c2)CCCC1. The molecule has 0 aromatic heterocycles. The Morgan fingerprint density at radius 1 is 1.19 bits per heavy atom.